The lowest BCUT2D eigenvalue weighted by Crippen LogP contribution is -2.30. The molecule has 0 N–H and O–H groups in total. The van der Waals surface area contributed by atoms with Crippen molar-refractivity contribution in [2.24, 2.45) is 0 Å². The predicted octanol–water partition coefficient (Wildman–Crippen LogP) is 5.55. The highest BCUT2D eigenvalue weighted by molar-refractivity contribution is 5.94. The van der Waals surface area contributed by atoms with Gasteiger partial charge in [-0.3, -0.25) is 4.79 Å². The summed E-state index contributed by atoms with van der Waals surface area (Å²) in [4.78, 5) is 14.9. The minimum absolute atomic E-state index is 0.00864. The van der Waals surface area contributed by atoms with Gasteiger partial charge in [0, 0.05) is 12.1 Å². The van der Waals surface area contributed by atoms with Crippen molar-refractivity contribution in [3.05, 3.63) is 94.9 Å². The average molecular weight is 347 g/mol. The highest BCUT2D eigenvalue weighted by Crippen LogP contribution is 2.18. The van der Waals surface area contributed by atoms with E-state index in [0.717, 1.165) is 16.9 Å². The van der Waals surface area contributed by atoms with Gasteiger partial charge < -0.3 is 9.32 Å². The van der Waals surface area contributed by atoms with Crippen LogP contribution in [0.25, 0.3) is 0 Å². The quantitative estimate of drug-likeness (QED) is 0.585. The second-order valence-electron chi connectivity index (χ2n) is 7.00. The van der Waals surface area contributed by atoms with Crippen LogP contribution in [0.4, 0.5) is 0 Å². The summed E-state index contributed by atoms with van der Waals surface area (Å²) in [6.07, 6.45) is 1.64. The van der Waals surface area contributed by atoms with Crippen LogP contribution in [0.15, 0.2) is 71.3 Å². The Bertz CT molecular complexity index is 831. The van der Waals surface area contributed by atoms with Gasteiger partial charge in [0.25, 0.3) is 5.91 Å². The average Bonchev–Trinajstić information content (AvgIpc) is 3.15. The van der Waals surface area contributed by atoms with Crippen molar-refractivity contribution in [2.45, 2.75) is 39.8 Å². The van der Waals surface area contributed by atoms with Crippen molar-refractivity contribution >= 4 is 5.91 Å². The molecule has 0 fully saturated rings. The first-order chi connectivity index (χ1) is 12.5. The topological polar surface area (TPSA) is 33.5 Å². The van der Waals surface area contributed by atoms with Crippen molar-refractivity contribution in [3.63, 3.8) is 0 Å². The second kappa shape index (κ2) is 8.05. The van der Waals surface area contributed by atoms with Gasteiger partial charge >= 0.3 is 0 Å². The third kappa shape index (κ3) is 4.42. The van der Waals surface area contributed by atoms with Crippen molar-refractivity contribution in [3.8, 4) is 0 Å². The van der Waals surface area contributed by atoms with Crippen molar-refractivity contribution in [1.82, 2.24) is 4.90 Å². The smallest absolute Gasteiger partial charge is 0.254 e. The Morgan fingerprint density at radius 2 is 1.65 bits per heavy atom. The SMILES string of the molecule is Cc1ccc(C(=O)N(Cc2ccc(C(C)C)cc2)Cc2ccco2)cc1. The van der Waals surface area contributed by atoms with Gasteiger partial charge in [-0.05, 0) is 48.2 Å². The molecule has 0 aliphatic carbocycles. The molecule has 0 aliphatic heterocycles. The highest BCUT2D eigenvalue weighted by atomic mass is 16.3. The Labute approximate surface area is 155 Å². The third-order valence-electron chi connectivity index (χ3n) is 4.53. The molecule has 0 aliphatic rings. The van der Waals surface area contributed by atoms with E-state index in [9.17, 15) is 4.79 Å². The molecular weight excluding hydrogens is 322 g/mol. The summed E-state index contributed by atoms with van der Waals surface area (Å²) in [5, 5.41) is 0. The Hall–Kier alpha value is -2.81. The van der Waals surface area contributed by atoms with E-state index in [1.807, 2.05) is 48.2 Å². The molecule has 2 aromatic carbocycles. The Morgan fingerprint density at radius 1 is 0.962 bits per heavy atom. The summed E-state index contributed by atoms with van der Waals surface area (Å²) in [5.74, 6) is 1.29. The summed E-state index contributed by atoms with van der Waals surface area (Å²) < 4.78 is 5.46. The molecule has 3 heteroatoms. The lowest BCUT2D eigenvalue weighted by molar-refractivity contribution is 0.0717. The summed E-state index contributed by atoms with van der Waals surface area (Å²) in [6, 6.07) is 19.9. The molecule has 0 saturated carbocycles. The minimum atomic E-state index is 0.00864. The number of benzene rings is 2. The van der Waals surface area contributed by atoms with Crippen LogP contribution in [-0.4, -0.2) is 10.8 Å². The lowest BCUT2D eigenvalue weighted by Gasteiger charge is -2.22. The van der Waals surface area contributed by atoms with Gasteiger partial charge in [0.05, 0.1) is 12.8 Å². The lowest BCUT2D eigenvalue weighted by atomic mass is 10.0. The molecule has 1 amide bonds. The molecular formula is C23H25NO2. The maximum atomic E-state index is 13.0. The molecule has 1 heterocycles. The largest absolute Gasteiger partial charge is 0.467 e. The molecule has 0 saturated heterocycles. The fraction of sp³-hybridized carbons (Fsp3) is 0.261. The summed E-state index contributed by atoms with van der Waals surface area (Å²) in [6.45, 7) is 7.38. The number of rotatable bonds is 6. The summed E-state index contributed by atoms with van der Waals surface area (Å²) in [7, 11) is 0. The zero-order valence-electron chi connectivity index (χ0n) is 15.6. The zero-order chi connectivity index (χ0) is 18.5. The summed E-state index contributed by atoms with van der Waals surface area (Å²) in [5.41, 5.74) is 4.25. The highest BCUT2D eigenvalue weighted by Gasteiger charge is 2.18. The van der Waals surface area contributed by atoms with E-state index in [4.69, 9.17) is 4.42 Å². The van der Waals surface area contributed by atoms with Crippen LogP contribution in [0, 0.1) is 6.92 Å². The van der Waals surface area contributed by atoms with Gasteiger partial charge in [0.15, 0.2) is 0 Å². The molecule has 26 heavy (non-hydrogen) atoms. The van der Waals surface area contributed by atoms with Crippen LogP contribution >= 0.6 is 0 Å². The van der Waals surface area contributed by atoms with Gasteiger partial charge in [-0.2, -0.15) is 0 Å². The fourth-order valence-electron chi connectivity index (χ4n) is 2.90. The van der Waals surface area contributed by atoms with E-state index in [2.05, 4.69) is 38.1 Å². The third-order valence-corrected chi connectivity index (χ3v) is 4.53. The maximum absolute atomic E-state index is 13.0. The van der Waals surface area contributed by atoms with Crippen LogP contribution in [0.1, 0.15) is 52.6 Å². The minimum Gasteiger partial charge on any atom is -0.467 e. The predicted molar refractivity (Wildman–Crippen MR) is 104 cm³/mol. The molecule has 0 atom stereocenters. The van der Waals surface area contributed by atoms with Crippen LogP contribution < -0.4 is 0 Å². The first-order valence-corrected chi connectivity index (χ1v) is 9.00. The number of nitrogens with zero attached hydrogens (tertiary/aromatic N) is 1. The molecule has 1 aromatic heterocycles. The fourth-order valence-corrected chi connectivity index (χ4v) is 2.90. The summed E-state index contributed by atoms with van der Waals surface area (Å²) >= 11 is 0. The van der Waals surface area contributed by atoms with Crippen LogP contribution in [0.2, 0.25) is 0 Å². The molecule has 0 radical (unpaired) electrons. The van der Waals surface area contributed by atoms with E-state index in [1.54, 1.807) is 6.26 Å². The maximum Gasteiger partial charge on any atom is 0.254 e. The van der Waals surface area contributed by atoms with E-state index in [1.165, 1.54) is 5.56 Å². The number of hydrogen-bond acceptors (Lipinski definition) is 2. The number of aryl methyl sites for hydroxylation is 1. The number of furan rings is 1. The van der Waals surface area contributed by atoms with E-state index >= 15 is 0 Å². The molecule has 3 nitrogen and oxygen atoms in total. The Balaban J connectivity index is 1.82. The standard InChI is InChI=1S/C23H25NO2/c1-17(2)20-12-8-19(9-13-20)15-24(16-22-5-4-14-26-22)23(25)21-10-6-18(3)7-11-21/h4-14,17H,15-16H2,1-3H3. The van der Waals surface area contributed by atoms with Crippen LogP contribution in [0.5, 0.6) is 0 Å². The molecule has 134 valence electrons. The monoisotopic (exact) mass is 347 g/mol. The molecule has 3 aromatic rings. The van der Waals surface area contributed by atoms with Gasteiger partial charge in [-0.1, -0.05) is 55.8 Å². The van der Waals surface area contributed by atoms with Gasteiger partial charge in [-0.25, -0.2) is 0 Å². The van der Waals surface area contributed by atoms with Gasteiger partial charge in [0.2, 0.25) is 0 Å². The van der Waals surface area contributed by atoms with Crippen molar-refractivity contribution < 1.29 is 9.21 Å². The molecule has 0 spiro atoms. The Morgan fingerprint density at radius 3 is 2.23 bits per heavy atom. The number of amides is 1. The molecule has 0 bridgehead atoms. The first kappa shape index (κ1) is 18.0. The normalized spacial score (nSPS) is 10.9. The zero-order valence-corrected chi connectivity index (χ0v) is 15.6. The number of carbonyl (C=O) groups excluding carboxylic acids is 1. The first-order valence-electron chi connectivity index (χ1n) is 9.00. The molecule has 3 rings (SSSR count). The van der Waals surface area contributed by atoms with Crippen LogP contribution in [0.3, 0.4) is 0 Å². The molecule has 0 unspecified atom stereocenters. The van der Waals surface area contributed by atoms with E-state index < -0.39 is 0 Å². The van der Waals surface area contributed by atoms with Crippen LogP contribution in [-0.2, 0) is 13.1 Å². The number of carbonyl (C=O) groups is 1. The van der Waals surface area contributed by atoms with Crippen molar-refractivity contribution in [1.29, 1.82) is 0 Å². The van der Waals surface area contributed by atoms with E-state index in [-0.39, 0.29) is 5.91 Å². The van der Waals surface area contributed by atoms with Crippen molar-refractivity contribution in [2.75, 3.05) is 0 Å². The number of hydrogen-bond donors (Lipinski definition) is 0. The second-order valence-corrected chi connectivity index (χ2v) is 7.00. The Kier molecular flexibility index (Phi) is 5.57. The van der Waals surface area contributed by atoms with Gasteiger partial charge in [0.1, 0.15) is 5.76 Å². The van der Waals surface area contributed by atoms with Gasteiger partial charge in [-0.15, -0.1) is 0 Å². The van der Waals surface area contributed by atoms with E-state index in [0.29, 0.717) is 24.6 Å².